The number of carbonyl (C=O) groups is 2. The van der Waals surface area contributed by atoms with Gasteiger partial charge in [0.2, 0.25) is 5.91 Å². The fourth-order valence-electron chi connectivity index (χ4n) is 1.82. The maximum atomic E-state index is 11.9. The number of esters is 1. The van der Waals surface area contributed by atoms with Gasteiger partial charge in [0, 0.05) is 13.0 Å². The van der Waals surface area contributed by atoms with Gasteiger partial charge in [-0.25, -0.2) is 4.79 Å². The Labute approximate surface area is 96.9 Å². The summed E-state index contributed by atoms with van der Waals surface area (Å²) in [5.74, 6) is -0.375. The molecule has 1 aliphatic heterocycles. The molecule has 1 heterocycles. The van der Waals surface area contributed by atoms with Crippen LogP contribution >= 0.6 is 0 Å². The number of nitrogens with zero attached hydrogens (tertiary/aromatic N) is 1. The Balaban J connectivity index is 2.65. The predicted octanol–water partition coefficient (Wildman–Crippen LogP) is 1.54. The average molecular weight is 226 g/mol. The van der Waals surface area contributed by atoms with E-state index in [1.165, 1.54) is 0 Å². The molecule has 0 N–H and O–H groups in total. The molecule has 1 rings (SSSR count). The molecule has 0 aromatic carbocycles. The van der Waals surface area contributed by atoms with E-state index in [4.69, 9.17) is 4.74 Å². The van der Waals surface area contributed by atoms with Gasteiger partial charge in [0.25, 0.3) is 0 Å². The summed E-state index contributed by atoms with van der Waals surface area (Å²) in [6, 6.07) is -0.409. The van der Waals surface area contributed by atoms with Crippen molar-refractivity contribution in [1.82, 2.24) is 4.90 Å². The van der Waals surface area contributed by atoms with Gasteiger partial charge >= 0.3 is 5.97 Å². The standard InChI is InChI=1S/C12H20NO3/c1-5-10(14)13-8-6-7-9(13)11(15)16-12(2,3)4/h9H,1,5-8H2,2-4H3/t9-/m0/s1. The van der Waals surface area contributed by atoms with E-state index in [0.717, 1.165) is 6.42 Å². The van der Waals surface area contributed by atoms with Crippen molar-refractivity contribution in [2.24, 2.45) is 0 Å². The Hall–Kier alpha value is -1.06. The largest absolute Gasteiger partial charge is 0.458 e. The van der Waals surface area contributed by atoms with Crippen molar-refractivity contribution in [3.8, 4) is 0 Å². The summed E-state index contributed by atoms with van der Waals surface area (Å²) in [7, 11) is 0. The van der Waals surface area contributed by atoms with Crippen LogP contribution in [-0.2, 0) is 14.3 Å². The van der Waals surface area contributed by atoms with E-state index in [1.54, 1.807) is 4.90 Å². The summed E-state index contributed by atoms with van der Waals surface area (Å²) < 4.78 is 5.29. The minimum atomic E-state index is -0.501. The van der Waals surface area contributed by atoms with Gasteiger partial charge in [-0.3, -0.25) is 4.79 Å². The fraction of sp³-hybridized carbons (Fsp3) is 0.750. The second kappa shape index (κ2) is 4.85. The van der Waals surface area contributed by atoms with Gasteiger partial charge in [0.15, 0.2) is 0 Å². The molecule has 1 saturated heterocycles. The molecule has 1 amide bonds. The number of amides is 1. The van der Waals surface area contributed by atoms with Gasteiger partial charge in [0.1, 0.15) is 11.6 Å². The molecule has 0 aromatic heterocycles. The summed E-state index contributed by atoms with van der Waals surface area (Å²) in [6.45, 7) is 9.67. The van der Waals surface area contributed by atoms with E-state index in [0.29, 0.717) is 13.0 Å². The molecule has 0 bridgehead atoms. The van der Waals surface area contributed by atoms with E-state index in [1.807, 2.05) is 20.8 Å². The highest BCUT2D eigenvalue weighted by Gasteiger charge is 2.36. The first kappa shape index (κ1) is 13.0. The number of likely N-dealkylation sites (tertiary alicyclic amines) is 1. The van der Waals surface area contributed by atoms with Crippen LogP contribution in [0.15, 0.2) is 0 Å². The fourth-order valence-corrected chi connectivity index (χ4v) is 1.82. The van der Waals surface area contributed by atoms with Gasteiger partial charge in [0.05, 0.1) is 0 Å². The maximum absolute atomic E-state index is 11.9. The molecule has 1 atom stereocenters. The highest BCUT2D eigenvalue weighted by molar-refractivity contribution is 5.85. The van der Waals surface area contributed by atoms with E-state index >= 15 is 0 Å². The molecule has 0 aromatic rings. The minimum Gasteiger partial charge on any atom is -0.458 e. The Kier molecular flexibility index (Phi) is 3.94. The lowest BCUT2D eigenvalue weighted by Crippen LogP contribution is -2.43. The molecule has 0 aliphatic carbocycles. The van der Waals surface area contributed by atoms with Crippen molar-refractivity contribution in [1.29, 1.82) is 0 Å². The van der Waals surface area contributed by atoms with Crippen LogP contribution in [0.1, 0.15) is 40.0 Å². The summed E-state index contributed by atoms with van der Waals surface area (Å²) in [6.07, 6.45) is 1.75. The SMILES string of the molecule is [CH2]CC(=O)N1CCC[C@H]1C(=O)OC(C)(C)C. The third-order valence-corrected chi connectivity index (χ3v) is 2.47. The lowest BCUT2D eigenvalue weighted by Gasteiger charge is -2.27. The zero-order chi connectivity index (χ0) is 12.3. The maximum Gasteiger partial charge on any atom is 0.329 e. The monoisotopic (exact) mass is 226 g/mol. The zero-order valence-electron chi connectivity index (χ0n) is 10.3. The van der Waals surface area contributed by atoms with E-state index < -0.39 is 11.6 Å². The molecular weight excluding hydrogens is 206 g/mol. The molecule has 0 spiro atoms. The van der Waals surface area contributed by atoms with Crippen LogP contribution < -0.4 is 0 Å². The second-order valence-corrected chi connectivity index (χ2v) is 5.03. The predicted molar refractivity (Wildman–Crippen MR) is 60.6 cm³/mol. The third-order valence-electron chi connectivity index (χ3n) is 2.47. The molecule has 1 fully saturated rings. The van der Waals surface area contributed by atoms with Crippen LogP contribution in [0.3, 0.4) is 0 Å². The van der Waals surface area contributed by atoms with Crippen molar-refractivity contribution in [2.45, 2.75) is 51.7 Å². The molecule has 4 nitrogen and oxygen atoms in total. The minimum absolute atomic E-state index is 0.0756. The van der Waals surface area contributed by atoms with Crippen LogP contribution in [0.2, 0.25) is 0 Å². The number of rotatable bonds is 2. The topological polar surface area (TPSA) is 46.6 Å². The van der Waals surface area contributed by atoms with Crippen molar-refractivity contribution >= 4 is 11.9 Å². The quantitative estimate of drug-likeness (QED) is 0.671. The first-order chi connectivity index (χ1) is 7.35. The first-order valence-electron chi connectivity index (χ1n) is 5.67. The third kappa shape index (κ3) is 3.22. The van der Waals surface area contributed by atoms with Gasteiger partial charge < -0.3 is 9.64 Å². The smallest absolute Gasteiger partial charge is 0.329 e. The highest BCUT2D eigenvalue weighted by Crippen LogP contribution is 2.21. The second-order valence-electron chi connectivity index (χ2n) is 5.03. The Bertz CT molecular complexity index is 280. The lowest BCUT2D eigenvalue weighted by molar-refractivity contribution is -0.163. The van der Waals surface area contributed by atoms with Gasteiger partial charge in [-0.15, -0.1) is 0 Å². The van der Waals surface area contributed by atoms with Crippen molar-refractivity contribution in [2.75, 3.05) is 6.54 Å². The average Bonchev–Trinajstić information content (AvgIpc) is 2.62. The Morgan fingerprint density at radius 1 is 1.44 bits per heavy atom. The van der Waals surface area contributed by atoms with Gasteiger partial charge in [-0.2, -0.15) is 0 Å². The van der Waals surface area contributed by atoms with Crippen LogP contribution in [-0.4, -0.2) is 35.0 Å². The lowest BCUT2D eigenvalue weighted by atomic mass is 10.1. The molecule has 91 valence electrons. The number of hydrogen-bond acceptors (Lipinski definition) is 3. The van der Waals surface area contributed by atoms with Crippen molar-refractivity contribution < 1.29 is 14.3 Å². The van der Waals surface area contributed by atoms with Crippen LogP contribution in [0.5, 0.6) is 0 Å². The first-order valence-corrected chi connectivity index (χ1v) is 5.67. The summed E-state index contributed by atoms with van der Waals surface area (Å²) in [4.78, 5) is 25.0. The number of hydrogen-bond donors (Lipinski definition) is 0. The van der Waals surface area contributed by atoms with Crippen LogP contribution in [0.4, 0.5) is 0 Å². The van der Waals surface area contributed by atoms with Crippen LogP contribution in [0, 0.1) is 6.92 Å². The van der Waals surface area contributed by atoms with Crippen molar-refractivity contribution in [3.63, 3.8) is 0 Å². The normalized spacial score (nSPS) is 21.0. The summed E-state index contributed by atoms with van der Waals surface area (Å²) >= 11 is 0. The van der Waals surface area contributed by atoms with Crippen LogP contribution in [0.25, 0.3) is 0 Å². The summed E-state index contributed by atoms with van der Waals surface area (Å²) in [5, 5.41) is 0. The van der Waals surface area contributed by atoms with Gasteiger partial charge in [-0.05, 0) is 40.5 Å². The molecule has 1 aliphatic rings. The van der Waals surface area contributed by atoms with Gasteiger partial charge in [-0.1, -0.05) is 0 Å². The molecule has 0 saturated carbocycles. The number of ether oxygens (including phenoxy) is 1. The number of carbonyl (C=O) groups excluding carboxylic acids is 2. The Morgan fingerprint density at radius 2 is 2.06 bits per heavy atom. The van der Waals surface area contributed by atoms with E-state index in [-0.39, 0.29) is 18.3 Å². The molecule has 1 radical (unpaired) electrons. The molecular formula is C12H20NO3. The molecule has 16 heavy (non-hydrogen) atoms. The summed E-state index contributed by atoms with van der Waals surface area (Å²) in [5.41, 5.74) is -0.501. The highest BCUT2D eigenvalue weighted by atomic mass is 16.6. The van der Waals surface area contributed by atoms with E-state index in [9.17, 15) is 9.59 Å². The zero-order valence-corrected chi connectivity index (χ0v) is 10.3. The molecule has 4 heteroatoms. The Morgan fingerprint density at radius 3 is 2.56 bits per heavy atom. The molecule has 0 unspecified atom stereocenters. The van der Waals surface area contributed by atoms with Crippen molar-refractivity contribution in [3.05, 3.63) is 6.92 Å². The van der Waals surface area contributed by atoms with E-state index in [2.05, 4.69) is 6.92 Å².